The van der Waals surface area contributed by atoms with Gasteiger partial charge in [0.15, 0.2) is 0 Å². The van der Waals surface area contributed by atoms with Gasteiger partial charge in [0, 0.05) is 23.0 Å². The van der Waals surface area contributed by atoms with Gasteiger partial charge in [-0.1, -0.05) is 47.1 Å². The molecule has 21 heavy (non-hydrogen) atoms. The van der Waals surface area contributed by atoms with Gasteiger partial charge in [0.25, 0.3) is 0 Å². The third kappa shape index (κ3) is 3.29. The van der Waals surface area contributed by atoms with Crippen LogP contribution in [-0.2, 0) is 6.42 Å². The maximum Gasteiger partial charge on any atom is 0.228 e. The van der Waals surface area contributed by atoms with Crippen LogP contribution in [0.15, 0.2) is 59.1 Å². The Bertz CT molecular complexity index is 710. The van der Waals surface area contributed by atoms with Crippen molar-refractivity contribution in [3.63, 3.8) is 0 Å². The lowest BCUT2D eigenvalue weighted by Crippen LogP contribution is -2.13. The van der Waals surface area contributed by atoms with Gasteiger partial charge in [-0.05, 0) is 29.8 Å². The second-order valence-electron chi connectivity index (χ2n) is 4.74. The van der Waals surface area contributed by atoms with E-state index >= 15 is 0 Å². The summed E-state index contributed by atoms with van der Waals surface area (Å²) in [5.41, 5.74) is 8.06. The zero-order valence-electron chi connectivity index (χ0n) is 11.2. The van der Waals surface area contributed by atoms with E-state index in [9.17, 15) is 0 Å². The highest BCUT2D eigenvalue weighted by atomic mass is 35.5. The highest BCUT2D eigenvalue weighted by Gasteiger charge is 2.13. The van der Waals surface area contributed by atoms with E-state index in [0.717, 1.165) is 11.1 Å². The fourth-order valence-corrected chi connectivity index (χ4v) is 2.19. The number of rotatable bonds is 4. The van der Waals surface area contributed by atoms with Crippen LogP contribution >= 0.6 is 11.6 Å². The van der Waals surface area contributed by atoms with Crippen LogP contribution in [0.25, 0.3) is 11.4 Å². The number of nitrogens with two attached hydrogens (primary N) is 1. The van der Waals surface area contributed by atoms with Crippen molar-refractivity contribution in [2.75, 3.05) is 0 Å². The summed E-state index contributed by atoms with van der Waals surface area (Å²) in [7, 11) is 0. The van der Waals surface area contributed by atoms with E-state index in [1.54, 1.807) is 12.1 Å². The lowest BCUT2D eigenvalue weighted by atomic mass is 10.1. The van der Waals surface area contributed by atoms with Crippen LogP contribution in [0.3, 0.4) is 0 Å². The molecule has 0 saturated heterocycles. The zero-order chi connectivity index (χ0) is 14.7. The first kappa shape index (κ1) is 13.8. The lowest BCUT2D eigenvalue weighted by Gasteiger charge is -2.08. The lowest BCUT2D eigenvalue weighted by molar-refractivity contribution is 0.370. The highest BCUT2D eigenvalue weighted by molar-refractivity contribution is 6.30. The molecule has 1 unspecified atom stereocenters. The Morgan fingerprint density at radius 3 is 2.48 bits per heavy atom. The summed E-state index contributed by atoms with van der Waals surface area (Å²) < 4.78 is 5.27. The van der Waals surface area contributed by atoms with E-state index in [2.05, 4.69) is 10.1 Å². The fraction of sp³-hybridized carbons (Fsp3) is 0.125. The van der Waals surface area contributed by atoms with E-state index in [4.69, 9.17) is 21.9 Å². The molecule has 0 radical (unpaired) electrons. The normalized spacial score (nSPS) is 12.3. The quantitative estimate of drug-likeness (QED) is 0.799. The molecule has 1 aromatic heterocycles. The molecule has 0 spiro atoms. The predicted octanol–water partition coefficient (Wildman–Crippen LogP) is 3.63. The van der Waals surface area contributed by atoms with Crippen LogP contribution in [0.2, 0.25) is 5.02 Å². The summed E-state index contributed by atoms with van der Waals surface area (Å²) in [5.74, 6) is 1.07. The number of halogens is 1. The molecule has 0 aliphatic heterocycles. The Kier molecular flexibility index (Phi) is 3.99. The number of aromatic nitrogens is 2. The van der Waals surface area contributed by atoms with Crippen LogP contribution in [0.5, 0.6) is 0 Å². The van der Waals surface area contributed by atoms with Crippen molar-refractivity contribution in [1.82, 2.24) is 10.1 Å². The molecule has 0 aliphatic carbocycles. The van der Waals surface area contributed by atoms with Gasteiger partial charge < -0.3 is 10.3 Å². The van der Waals surface area contributed by atoms with Crippen LogP contribution in [-0.4, -0.2) is 10.1 Å². The molecular weight excluding hydrogens is 286 g/mol. The SMILES string of the molecule is NC(Cc1nc(-c2ccc(Cl)cc2)no1)c1ccccc1. The number of hydrogen-bond donors (Lipinski definition) is 1. The Hall–Kier alpha value is -2.17. The molecule has 5 heteroatoms. The van der Waals surface area contributed by atoms with E-state index in [-0.39, 0.29) is 6.04 Å². The average molecular weight is 300 g/mol. The van der Waals surface area contributed by atoms with Gasteiger partial charge in [0.2, 0.25) is 11.7 Å². The van der Waals surface area contributed by atoms with Crippen molar-refractivity contribution < 1.29 is 4.52 Å². The molecule has 2 aromatic carbocycles. The van der Waals surface area contributed by atoms with Gasteiger partial charge in [0.1, 0.15) is 0 Å². The zero-order valence-corrected chi connectivity index (χ0v) is 12.0. The Labute approximate surface area is 127 Å². The molecule has 0 amide bonds. The van der Waals surface area contributed by atoms with Gasteiger partial charge in [-0.2, -0.15) is 4.98 Å². The first-order chi connectivity index (χ1) is 10.2. The van der Waals surface area contributed by atoms with Gasteiger partial charge in [-0.25, -0.2) is 0 Å². The average Bonchev–Trinajstić information content (AvgIpc) is 2.97. The van der Waals surface area contributed by atoms with Gasteiger partial charge in [-0.15, -0.1) is 0 Å². The van der Waals surface area contributed by atoms with Crippen LogP contribution in [0.1, 0.15) is 17.5 Å². The molecule has 3 aromatic rings. The third-order valence-electron chi connectivity index (χ3n) is 3.19. The van der Waals surface area contributed by atoms with Gasteiger partial charge in [-0.3, -0.25) is 0 Å². The second-order valence-corrected chi connectivity index (χ2v) is 5.18. The molecule has 4 nitrogen and oxygen atoms in total. The summed E-state index contributed by atoms with van der Waals surface area (Å²) in [6.45, 7) is 0. The number of hydrogen-bond acceptors (Lipinski definition) is 4. The minimum atomic E-state index is -0.162. The smallest absolute Gasteiger partial charge is 0.228 e. The molecule has 1 atom stereocenters. The first-order valence-corrected chi connectivity index (χ1v) is 6.99. The largest absolute Gasteiger partial charge is 0.339 e. The second kappa shape index (κ2) is 6.08. The molecule has 0 saturated carbocycles. The van der Waals surface area contributed by atoms with E-state index in [0.29, 0.717) is 23.2 Å². The fourth-order valence-electron chi connectivity index (χ4n) is 2.06. The van der Waals surface area contributed by atoms with Crippen LogP contribution < -0.4 is 5.73 Å². The molecule has 1 heterocycles. The van der Waals surface area contributed by atoms with E-state index in [1.165, 1.54) is 0 Å². The van der Waals surface area contributed by atoms with Gasteiger partial charge >= 0.3 is 0 Å². The number of benzene rings is 2. The molecular formula is C16H14ClN3O. The van der Waals surface area contributed by atoms with Crippen molar-refractivity contribution in [2.24, 2.45) is 5.73 Å². The van der Waals surface area contributed by atoms with Crippen molar-refractivity contribution in [1.29, 1.82) is 0 Å². The third-order valence-corrected chi connectivity index (χ3v) is 3.44. The number of nitrogens with zero attached hydrogens (tertiary/aromatic N) is 2. The molecule has 0 bridgehead atoms. The van der Waals surface area contributed by atoms with Crippen molar-refractivity contribution >= 4 is 11.6 Å². The standard InChI is InChI=1S/C16H14ClN3O/c17-13-8-6-12(7-9-13)16-19-15(21-20-16)10-14(18)11-4-2-1-3-5-11/h1-9,14H,10,18H2. The summed E-state index contributed by atoms with van der Waals surface area (Å²) in [4.78, 5) is 4.37. The van der Waals surface area contributed by atoms with Crippen LogP contribution in [0.4, 0.5) is 0 Å². The van der Waals surface area contributed by atoms with Crippen molar-refractivity contribution in [3.05, 3.63) is 71.1 Å². The minimum Gasteiger partial charge on any atom is -0.339 e. The summed E-state index contributed by atoms with van der Waals surface area (Å²) >= 11 is 5.86. The molecule has 3 rings (SSSR count). The monoisotopic (exact) mass is 299 g/mol. The van der Waals surface area contributed by atoms with E-state index in [1.807, 2.05) is 42.5 Å². The topological polar surface area (TPSA) is 64.9 Å². The maximum atomic E-state index is 6.15. The molecule has 2 N–H and O–H groups in total. The van der Waals surface area contributed by atoms with Crippen LogP contribution in [0, 0.1) is 0 Å². The summed E-state index contributed by atoms with van der Waals surface area (Å²) in [6.07, 6.45) is 0.505. The minimum absolute atomic E-state index is 0.162. The molecule has 106 valence electrons. The Morgan fingerprint density at radius 2 is 1.76 bits per heavy atom. The molecule has 0 fully saturated rings. The summed E-state index contributed by atoms with van der Waals surface area (Å²) in [5, 5.41) is 4.65. The van der Waals surface area contributed by atoms with Gasteiger partial charge in [0.05, 0.1) is 0 Å². The Morgan fingerprint density at radius 1 is 1.05 bits per heavy atom. The summed E-state index contributed by atoms with van der Waals surface area (Å²) in [6, 6.07) is 17.0. The predicted molar refractivity (Wildman–Crippen MR) is 81.8 cm³/mol. The van der Waals surface area contributed by atoms with E-state index < -0.39 is 0 Å². The maximum absolute atomic E-state index is 6.15. The molecule has 0 aliphatic rings. The van der Waals surface area contributed by atoms with Crippen molar-refractivity contribution in [2.45, 2.75) is 12.5 Å². The highest BCUT2D eigenvalue weighted by Crippen LogP contribution is 2.20. The Balaban J connectivity index is 1.75. The first-order valence-electron chi connectivity index (χ1n) is 6.61. The van der Waals surface area contributed by atoms with Crippen molar-refractivity contribution in [3.8, 4) is 11.4 Å².